The van der Waals surface area contributed by atoms with Crippen molar-refractivity contribution in [3.8, 4) is 0 Å². The van der Waals surface area contributed by atoms with Gasteiger partial charge in [0.25, 0.3) is 0 Å². The lowest BCUT2D eigenvalue weighted by Gasteiger charge is -2.38. The van der Waals surface area contributed by atoms with E-state index in [0.717, 1.165) is 42.6 Å². The summed E-state index contributed by atoms with van der Waals surface area (Å²) in [6.45, 7) is 1.80. The largest absolute Gasteiger partial charge is 0.481 e. The molecule has 0 spiro atoms. The van der Waals surface area contributed by atoms with Crippen molar-refractivity contribution < 1.29 is 34.4 Å². The molecule has 2 aliphatic heterocycles. The molecule has 2 fully saturated rings. The minimum atomic E-state index is -0.812. The number of carbonyl (C=O) groups excluding carboxylic acids is 1. The number of aliphatic hydroxyl groups excluding tert-OH is 2. The number of likely N-dealkylation sites (tertiary alicyclic amines) is 1. The van der Waals surface area contributed by atoms with Crippen molar-refractivity contribution in [2.75, 3.05) is 25.0 Å². The number of aliphatic hydroxyl groups is 2. The number of hydrogen-bond donors (Lipinski definition) is 4. The molecule has 0 saturated carbocycles. The lowest BCUT2D eigenvalue weighted by molar-refractivity contribution is -0.253. The summed E-state index contributed by atoms with van der Waals surface area (Å²) < 4.78 is 12.8. The molecule has 0 bridgehead atoms. The van der Waals surface area contributed by atoms with E-state index in [4.69, 9.17) is 14.6 Å². The first-order chi connectivity index (χ1) is 18.9. The predicted molar refractivity (Wildman–Crippen MR) is 146 cm³/mol. The fourth-order valence-corrected chi connectivity index (χ4v) is 5.32. The van der Waals surface area contributed by atoms with Crippen LogP contribution in [0.4, 0.5) is 5.69 Å². The second-order valence-electron chi connectivity index (χ2n) is 10.4. The Balaban J connectivity index is 1.39. The first-order valence-electron chi connectivity index (χ1n) is 13.9. The average Bonchev–Trinajstić information content (AvgIpc) is 3.40. The molecule has 4 N–H and O–H groups in total. The van der Waals surface area contributed by atoms with Crippen molar-refractivity contribution >= 4 is 17.6 Å². The Morgan fingerprint density at radius 3 is 2.33 bits per heavy atom. The maximum Gasteiger partial charge on any atom is 0.303 e. The molecular formula is C30H40N2O7. The van der Waals surface area contributed by atoms with Crippen LogP contribution in [0.3, 0.4) is 0 Å². The Kier molecular flexibility index (Phi) is 10.9. The first-order valence-corrected chi connectivity index (χ1v) is 13.9. The summed E-state index contributed by atoms with van der Waals surface area (Å²) in [5.41, 5.74) is 3.40. The zero-order chi connectivity index (χ0) is 27.6. The van der Waals surface area contributed by atoms with Crippen LogP contribution in [0.25, 0.3) is 0 Å². The number of rotatable bonds is 13. The summed E-state index contributed by atoms with van der Waals surface area (Å²) in [4.78, 5) is 25.2. The first kappa shape index (κ1) is 29.2. The van der Waals surface area contributed by atoms with Crippen LogP contribution in [0.5, 0.6) is 0 Å². The summed E-state index contributed by atoms with van der Waals surface area (Å²) in [6, 6.07) is 15.4. The van der Waals surface area contributed by atoms with E-state index in [0.29, 0.717) is 37.8 Å². The number of nitrogens with zero attached hydrogens (tertiary/aromatic N) is 1. The third kappa shape index (κ3) is 8.58. The lowest BCUT2D eigenvalue weighted by atomic mass is 9.99. The number of nitrogens with one attached hydrogen (secondary N) is 1. The smallest absolute Gasteiger partial charge is 0.303 e. The average molecular weight is 541 g/mol. The van der Waals surface area contributed by atoms with Gasteiger partial charge in [0.2, 0.25) is 5.91 Å². The minimum absolute atomic E-state index is 0.00865. The highest BCUT2D eigenvalue weighted by Crippen LogP contribution is 2.39. The van der Waals surface area contributed by atoms with Crippen LogP contribution in [0.1, 0.15) is 80.5 Å². The van der Waals surface area contributed by atoms with E-state index >= 15 is 0 Å². The second-order valence-corrected chi connectivity index (χ2v) is 10.4. The molecule has 0 aliphatic carbocycles. The quantitative estimate of drug-likeness (QED) is 0.279. The van der Waals surface area contributed by atoms with Crippen LogP contribution in [0.15, 0.2) is 48.5 Å². The number of carboxylic acids is 1. The van der Waals surface area contributed by atoms with E-state index in [-0.39, 0.29) is 43.8 Å². The molecule has 2 saturated heterocycles. The summed E-state index contributed by atoms with van der Waals surface area (Å²) in [6.07, 6.45) is 4.30. The number of benzene rings is 2. The highest BCUT2D eigenvalue weighted by atomic mass is 16.7. The summed E-state index contributed by atoms with van der Waals surface area (Å²) in [7, 11) is 0. The monoisotopic (exact) mass is 540 g/mol. The summed E-state index contributed by atoms with van der Waals surface area (Å²) >= 11 is 0. The van der Waals surface area contributed by atoms with Gasteiger partial charge in [0.1, 0.15) is 0 Å². The number of aliphatic carboxylic acids is 1. The van der Waals surface area contributed by atoms with E-state index < -0.39 is 12.3 Å². The van der Waals surface area contributed by atoms with Crippen LogP contribution in [-0.2, 0) is 25.7 Å². The Hall–Kier alpha value is -2.82. The van der Waals surface area contributed by atoms with Gasteiger partial charge in [-0.2, -0.15) is 0 Å². The van der Waals surface area contributed by atoms with Gasteiger partial charge in [0, 0.05) is 43.1 Å². The van der Waals surface area contributed by atoms with E-state index in [1.54, 1.807) is 0 Å². The molecule has 9 heteroatoms. The Bertz CT molecular complexity index is 1060. The molecule has 0 radical (unpaired) electrons. The Morgan fingerprint density at radius 1 is 0.923 bits per heavy atom. The lowest BCUT2D eigenvalue weighted by Crippen LogP contribution is -2.42. The van der Waals surface area contributed by atoms with Crippen LogP contribution in [0.2, 0.25) is 0 Å². The van der Waals surface area contributed by atoms with Crippen molar-refractivity contribution in [3.05, 3.63) is 65.2 Å². The Morgan fingerprint density at radius 2 is 1.64 bits per heavy atom. The van der Waals surface area contributed by atoms with E-state index in [1.807, 2.05) is 48.5 Å². The zero-order valence-corrected chi connectivity index (χ0v) is 22.3. The standard InChI is InChI=1S/C30H40N2O7/c33-19-21-8-10-22(11-9-21)27-17-26(18-32-16-4-5-25(32)20-34)38-30(39-27)23-12-14-24(15-13-23)31-28(35)6-2-1-3-7-29(36)37/h8-15,25-27,30,33-34H,1-7,16-20H2,(H,31,35)(H,36,37). The van der Waals surface area contributed by atoms with Gasteiger partial charge in [0.15, 0.2) is 6.29 Å². The topological polar surface area (TPSA) is 129 Å². The number of carboxylic acid groups (broad SMARTS) is 1. The highest BCUT2D eigenvalue weighted by molar-refractivity contribution is 5.90. The summed E-state index contributed by atoms with van der Waals surface area (Å²) in [5.74, 6) is -0.910. The van der Waals surface area contributed by atoms with E-state index in [9.17, 15) is 19.8 Å². The molecule has 212 valence electrons. The molecule has 2 aromatic rings. The third-order valence-electron chi connectivity index (χ3n) is 7.52. The van der Waals surface area contributed by atoms with Gasteiger partial charge in [-0.15, -0.1) is 0 Å². The fraction of sp³-hybridized carbons (Fsp3) is 0.533. The van der Waals surface area contributed by atoms with Gasteiger partial charge in [-0.05, 0) is 55.5 Å². The zero-order valence-electron chi connectivity index (χ0n) is 22.3. The van der Waals surface area contributed by atoms with Gasteiger partial charge < -0.3 is 30.1 Å². The van der Waals surface area contributed by atoms with Gasteiger partial charge in [-0.25, -0.2) is 0 Å². The minimum Gasteiger partial charge on any atom is -0.481 e. The highest BCUT2D eigenvalue weighted by Gasteiger charge is 2.35. The Labute approximate surface area is 229 Å². The molecule has 39 heavy (non-hydrogen) atoms. The van der Waals surface area contributed by atoms with Gasteiger partial charge in [-0.3, -0.25) is 14.5 Å². The van der Waals surface area contributed by atoms with Crippen LogP contribution in [0, 0.1) is 0 Å². The molecule has 2 aliphatic rings. The molecule has 1 amide bonds. The number of anilines is 1. The number of hydrogen-bond acceptors (Lipinski definition) is 7. The van der Waals surface area contributed by atoms with Gasteiger partial charge in [0.05, 0.1) is 25.4 Å². The van der Waals surface area contributed by atoms with Gasteiger partial charge in [-0.1, -0.05) is 42.8 Å². The third-order valence-corrected chi connectivity index (χ3v) is 7.52. The predicted octanol–water partition coefficient (Wildman–Crippen LogP) is 4.15. The van der Waals surface area contributed by atoms with Gasteiger partial charge >= 0.3 is 5.97 Å². The number of carbonyl (C=O) groups is 2. The molecule has 4 unspecified atom stereocenters. The molecule has 2 heterocycles. The van der Waals surface area contributed by atoms with E-state index in [2.05, 4.69) is 10.2 Å². The molecule has 9 nitrogen and oxygen atoms in total. The van der Waals surface area contributed by atoms with Crippen molar-refractivity contribution in [1.82, 2.24) is 4.90 Å². The van der Waals surface area contributed by atoms with E-state index in [1.165, 1.54) is 0 Å². The molecule has 2 aromatic carbocycles. The van der Waals surface area contributed by atoms with Crippen molar-refractivity contribution in [2.24, 2.45) is 0 Å². The maximum atomic E-state index is 12.3. The molecular weight excluding hydrogens is 500 g/mol. The molecule has 0 aromatic heterocycles. The number of unbranched alkanes of at least 4 members (excludes halogenated alkanes) is 2. The second kappa shape index (κ2) is 14.5. The number of amides is 1. The van der Waals surface area contributed by atoms with Crippen LogP contribution in [-0.4, -0.2) is 63.9 Å². The summed E-state index contributed by atoms with van der Waals surface area (Å²) in [5, 5.41) is 30.8. The SMILES string of the molecule is O=C(O)CCCCCC(=O)Nc1ccc(C2OC(CN3CCCC3CO)CC(c3ccc(CO)cc3)O2)cc1. The van der Waals surface area contributed by atoms with Crippen molar-refractivity contribution in [3.63, 3.8) is 0 Å². The fourth-order valence-electron chi connectivity index (χ4n) is 5.32. The van der Waals surface area contributed by atoms with Crippen LogP contribution >= 0.6 is 0 Å². The normalized spacial score (nSPS) is 23.5. The maximum absolute atomic E-state index is 12.3. The molecule has 4 atom stereocenters. The van der Waals surface area contributed by atoms with Crippen molar-refractivity contribution in [2.45, 2.75) is 82.5 Å². The number of ether oxygens (including phenoxy) is 2. The van der Waals surface area contributed by atoms with Crippen LogP contribution < -0.4 is 5.32 Å². The van der Waals surface area contributed by atoms with Crippen molar-refractivity contribution in [1.29, 1.82) is 0 Å². The molecule has 4 rings (SSSR count).